The molecule has 1 aliphatic heterocycles. The third kappa shape index (κ3) is 4.08. The van der Waals surface area contributed by atoms with Crippen molar-refractivity contribution in [2.24, 2.45) is 0 Å². The summed E-state index contributed by atoms with van der Waals surface area (Å²) < 4.78 is 20.0. The second-order valence-electron chi connectivity index (χ2n) is 7.33. The summed E-state index contributed by atoms with van der Waals surface area (Å²) in [5.74, 6) is -3.80. The molecule has 34 heavy (non-hydrogen) atoms. The first-order valence-corrected chi connectivity index (χ1v) is 11.4. The molecule has 0 radical (unpaired) electrons. The van der Waals surface area contributed by atoms with Crippen LogP contribution in [0.2, 0.25) is 5.02 Å². The Labute approximate surface area is 203 Å². The number of ketones is 1. The molecule has 10 heteroatoms. The Bertz CT molecular complexity index is 1340. The highest BCUT2D eigenvalue weighted by Gasteiger charge is 2.49. The molecule has 3 aromatic rings. The minimum Gasteiger partial charge on any atom is -0.507 e. The first-order chi connectivity index (χ1) is 16.2. The van der Waals surface area contributed by atoms with Gasteiger partial charge in [0.25, 0.3) is 5.78 Å². The lowest BCUT2D eigenvalue weighted by Gasteiger charge is -2.23. The maximum Gasteiger partial charge on any atom is 0.350 e. The van der Waals surface area contributed by atoms with Crippen molar-refractivity contribution in [3.8, 4) is 0 Å². The number of anilines is 1. The zero-order valence-corrected chi connectivity index (χ0v) is 19.6. The van der Waals surface area contributed by atoms with E-state index in [9.17, 15) is 23.9 Å². The zero-order chi connectivity index (χ0) is 24.6. The van der Waals surface area contributed by atoms with Crippen LogP contribution in [0.4, 0.5) is 9.52 Å². The minimum absolute atomic E-state index is 0.00561. The van der Waals surface area contributed by atoms with E-state index in [1.807, 2.05) is 0 Å². The number of aryl methyl sites for hydroxylation is 1. The molecule has 1 N–H and O–H groups in total. The summed E-state index contributed by atoms with van der Waals surface area (Å²) in [6, 6.07) is 10.3. The lowest BCUT2D eigenvalue weighted by Crippen LogP contribution is -2.29. The number of rotatable bonds is 5. The Balaban J connectivity index is 1.93. The van der Waals surface area contributed by atoms with Crippen LogP contribution in [-0.2, 0) is 14.3 Å². The fraction of sp³-hybridized carbons (Fsp3) is 0.167. The van der Waals surface area contributed by atoms with Gasteiger partial charge in [0.1, 0.15) is 22.5 Å². The van der Waals surface area contributed by atoms with Gasteiger partial charge in [0, 0.05) is 16.1 Å². The van der Waals surface area contributed by atoms with E-state index in [1.54, 1.807) is 19.9 Å². The molecule has 0 aliphatic carbocycles. The Morgan fingerprint density at radius 3 is 2.53 bits per heavy atom. The van der Waals surface area contributed by atoms with Crippen LogP contribution < -0.4 is 4.90 Å². The number of aromatic nitrogens is 1. The maximum atomic E-state index is 14.9. The average molecular weight is 501 g/mol. The van der Waals surface area contributed by atoms with Crippen molar-refractivity contribution >= 4 is 51.5 Å². The number of esters is 1. The summed E-state index contributed by atoms with van der Waals surface area (Å²) in [6.45, 7) is 3.36. The normalized spacial score (nSPS) is 17.3. The van der Waals surface area contributed by atoms with E-state index in [2.05, 4.69) is 4.98 Å². The number of aliphatic hydroxyl groups excluding tert-OH is 1. The second kappa shape index (κ2) is 9.36. The fourth-order valence-electron chi connectivity index (χ4n) is 3.66. The number of carbonyl (C=O) groups excluding carboxylic acids is 3. The summed E-state index contributed by atoms with van der Waals surface area (Å²) >= 11 is 6.77. The Morgan fingerprint density at radius 2 is 1.88 bits per heavy atom. The number of carbonyl (C=O) groups is 3. The summed E-state index contributed by atoms with van der Waals surface area (Å²) in [6.07, 6.45) is 0. The molecule has 0 unspecified atom stereocenters. The lowest BCUT2D eigenvalue weighted by atomic mass is 9.95. The Hall–Kier alpha value is -3.56. The smallest absolute Gasteiger partial charge is 0.350 e. The van der Waals surface area contributed by atoms with Crippen LogP contribution in [0.3, 0.4) is 0 Å². The SMILES string of the molecule is CCOC(=O)c1sc(N2C(=O)C(=O)/C(=C(/O)c3ccc(Cl)cc3)[C@@H]2c2ccccc2F)nc1C. The fourth-order valence-corrected chi connectivity index (χ4v) is 4.77. The molecule has 1 saturated heterocycles. The van der Waals surface area contributed by atoms with Gasteiger partial charge in [-0.2, -0.15) is 0 Å². The van der Waals surface area contributed by atoms with E-state index < -0.39 is 35.3 Å². The number of ether oxygens (including phenoxy) is 1. The van der Waals surface area contributed by atoms with Crippen LogP contribution in [0, 0.1) is 12.7 Å². The standard InChI is InChI=1S/C24H18ClFN2O5S/c1-3-33-23(32)21-12(2)27-24(34-21)28-18(15-6-4-5-7-16(15)26)17(20(30)22(28)31)19(29)13-8-10-14(25)11-9-13/h4-11,18,29H,3H2,1-2H3/b19-17+/t18-/m0/s1. The molecular formula is C24H18ClFN2O5S. The molecule has 2 aromatic carbocycles. The van der Waals surface area contributed by atoms with Gasteiger partial charge in [-0.15, -0.1) is 0 Å². The van der Waals surface area contributed by atoms with Crippen molar-refractivity contribution in [1.82, 2.24) is 4.98 Å². The molecule has 0 bridgehead atoms. The topological polar surface area (TPSA) is 96.8 Å². The van der Waals surface area contributed by atoms with E-state index in [-0.39, 0.29) is 33.3 Å². The highest BCUT2D eigenvalue weighted by atomic mass is 35.5. The quantitative estimate of drug-likeness (QED) is 0.228. The first kappa shape index (κ1) is 23.6. The van der Waals surface area contributed by atoms with Gasteiger partial charge in [0.2, 0.25) is 0 Å². The number of nitrogens with zero attached hydrogens (tertiary/aromatic N) is 2. The third-order valence-corrected chi connectivity index (χ3v) is 6.60. The highest BCUT2D eigenvalue weighted by molar-refractivity contribution is 7.17. The molecule has 1 amide bonds. The number of amides is 1. The van der Waals surface area contributed by atoms with Gasteiger partial charge in [-0.1, -0.05) is 41.1 Å². The lowest BCUT2D eigenvalue weighted by molar-refractivity contribution is -0.132. The van der Waals surface area contributed by atoms with Gasteiger partial charge in [0.05, 0.1) is 17.9 Å². The van der Waals surface area contributed by atoms with Gasteiger partial charge >= 0.3 is 11.9 Å². The highest BCUT2D eigenvalue weighted by Crippen LogP contribution is 2.44. The molecule has 7 nitrogen and oxygen atoms in total. The molecule has 1 aromatic heterocycles. The molecule has 2 heterocycles. The molecular weight excluding hydrogens is 483 g/mol. The van der Waals surface area contributed by atoms with E-state index in [0.29, 0.717) is 10.7 Å². The van der Waals surface area contributed by atoms with Crippen LogP contribution >= 0.6 is 22.9 Å². The van der Waals surface area contributed by atoms with Crippen LogP contribution in [0.25, 0.3) is 5.76 Å². The molecule has 1 atom stereocenters. The van der Waals surface area contributed by atoms with E-state index >= 15 is 0 Å². The Kier molecular flexibility index (Phi) is 6.49. The van der Waals surface area contributed by atoms with Gasteiger partial charge in [-0.05, 0) is 44.2 Å². The zero-order valence-electron chi connectivity index (χ0n) is 18.0. The second-order valence-corrected chi connectivity index (χ2v) is 8.74. The molecule has 0 saturated carbocycles. The molecule has 0 spiro atoms. The van der Waals surface area contributed by atoms with E-state index in [1.165, 1.54) is 42.5 Å². The summed E-state index contributed by atoms with van der Waals surface area (Å²) in [5, 5.41) is 11.4. The number of halogens is 2. The first-order valence-electron chi connectivity index (χ1n) is 10.2. The average Bonchev–Trinajstić information content (AvgIpc) is 3.31. The summed E-state index contributed by atoms with van der Waals surface area (Å²) in [5.41, 5.74) is 0.210. The number of aliphatic hydroxyl groups is 1. The van der Waals surface area contributed by atoms with Crippen molar-refractivity contribution in [3.63, 3.8) is 0 Å². The van der Waals surface area contributed by atoms with Crippen LogP contribution in [0.5, 0.6) is 0 Å². The summed E-state index contributed by atoms with van der Waals surface area (Å²) in [7, 11) is 0. The van der Waals surface area contributed by atoms with Crippen LogP contribution in [0.15, 0.2) is 54.1 Å². The molecule has 1 aliphatic rings. The molecule has 174 valence electrons. The van der Waals surface area contributed by atoms with Crippen molar-refractivity contribution in [3.05, 3.63) is 86.6 Å². The van der Waals surface area contributed by atoms with E-state index in [0.717, 1.165) is 16.2 Å². The number of hydrogen-bond acceptors (Lipinski definition) is 7. The van der Waals surface area contributed by atoms with Crippen LogP contribution in [0.1, 0.15) is 39.5 Å². The molecule has 1 fully saturated rings. The van der Waals surface area contributed by atoms with Gasteiger partial charge in [0.15, 0.2) is 5.13 Å². The van der Waals surface area contributed by atoms with Crippen molar-refractivity contribution in [1.29, 1.82) is 0 Å². The predicted octanol–water partition coefficient (Wildman–Crippen LogP) is 5.05. The third-order valence-electron chi connectivity index (χ3n) is 5.21. The molecule has 4 rings (SSSR count). The minimum atomic E-state index is -1.31. The van der Waals surface area contributed by atoms with Crippen LogP contribution in [-0.4, -0.2) is 34.4 Å². The Morgan fingerprint density at radius 1 is 1.21 bits per heavy atom. The number of hydrogen-bond donors (Lipinski definition) is 1. The predicted molar refractivity (Wildman–Crippen MR) is 125 cm³/mol. The monoisotopic (exact) mass is 500 g/mol. The largest absolute Gasteiger partial charge is 0.507 e. The van der Waals surface area contributed by atoms with Gasteiger partial charge < -0.3 is 9.84 Å². The number of Topliss-reactive ketones (excluding diaryl/α,β-unsaturated/α-hetero) is 1. The van der Waals surface area contributed by atoms with Crippen molar-refractivity contribution in [2.45, 2.75) is 19.9 Å². The maximum absolute atomic E-state index is 14.9. The van der Waals surface area contributed by atoms with Gasteiger partial charge in [-0.25, -0.2) is 14.2 Å². The van der Waals surface area contributed by atoms with E-state index in [4.69, 9.17) is 16.3 Å². The van der Waals surface area contributed by atoms with Gasteiger partial charge in [-0.3, -0.25) is 14.5 Å². The van der Waals surface area contributed by atoms with Crippen molar-refractivity contribution < 1.29 is 28.6 Å². The number of benzene rings is 2. The summed E-state index contributed by atoms with van der Waals surface area (Å²) in [4.78, 5) is 44.0. The van der Waals surface area contributed by atoms with Crippen molar-refractivity contribution in [2.75, 3.05) is 11.5 Å². The number of thiazole rings is 1.